The number of ether oxygens (including phenoxy) is 2. The highest BCUT2D eigenvalue weighted by Crippen LogP contribution is 2.48. The van der Waals surface area contributed by atoms with Crippen molar-refractivity contribution in [2.24, 2.45) is 5.92 Å². The second-order valence-electron chi connectivity index (χ2n) is 11.8. The van der Waals surface area contributed by atoms with Crippen molar-refractivity contribution in [2.45, 2.75) is 75.9 Å². The monoisotopic (exact) mass is 580 g/mol. The number of anilines is 1. The fraction of sp³-hybridized carbons (Fsp3) is 0.516. The topological polar surface area (TPSA) is 89.7 Å². The Morgan fingerprint density at radius 3 is 2.66 bits per heavy atom. The van der Waals surface area contributed by atoms with Gasteiger partial charge in [-0.3, -0.25) is 9.48 Å². The number of rotatable bonds is 10. The molecule has 2 aliphatic heterocycles. The molecule has 5 atom stereocenters. The van der Waals surface area contributed by atoms with Crippen LogP contribution in [0, 0.1) is 5.92 Å². The zero-order chi connectivity index (χ0) is 29.1. The number of halogens is 1. The normalized spacial score (nSPS) is 22.6. The highest BCUT2D eigenvalue weighted by Gasteiger charge is 2.47. The minimum absolute atomic E-state index is 0.0748. The maximum atomic E-state index is 16.0. The maximum Gasteiger partial charge on any atom is 0.247 e. The summed E-state index contributed by atoms with van der Waals surface area (Å²) in [6, 6.07) is 15.6. The zero-order valence-electron chi connectivity index (χ0n) is 24.4. The lowest BCUT2D eigenvalue weighted by Crippen LogP contribution is -2.46. The van der Waals surface area contributed by atoms with Crippen LogP contribution in [0.4, 0.5) is 9.80 Å². The molecule has 10 heteroatoms. The van der Waals surface area contributed by atoms with Crippen LogP contribution in [0.1, 0.15) is 61.4 Å². The number of aryl methyl sites for hydroxylation is 1. The molecule has 220 valence electrons. The van der Waals surface area contributed by atoms with Gasteiger partial charge in [0, 0.05) is 55.5 Å². The van der Waals surface area contributed by atoms with Gasteiger partial charge in [-0.15, -0.1) is 5.10 Å². The van der Waals surface area contributed by atoms with Crippen LogP contribution in [0.2, 0.25) is 18.6 Å². The molecule has 0 saturated carbocycles. The van der Waals surface area contributed by atoms with Crippen molar-refractivity contribution in [3.63, 3.8) is 0 Å². The highest BCUT2D eigenvalue weighted by atomic mass is 28.4. The molecule has 0 aliphatic carbocycles. The number of aliphatic hydroxyl groups is 1. The van der Waals surface area contributed by atoms with Crippen LogP contribution in [-0.2, 0) is 16.1 Å². The lowest BCUT2D eigenvalue weighted by molar-refractivity contribution is -0.119. The number of hydrogen-bond donors (Lipinski definition) is 1. The molecule has 1 fully saturated rings. The lowest BCUT2D eigenvalue weighted by atomic mass is 9.86. The quantitative estimate of drug-likeness (QED) is 0.247. The lowest BCUT2D eigenvalue weighted by Gasteiger charge is -2.43. The minimum Gasteiger partial charge on any atom is -0.490 e. The molecule has 1 amide bonds. The van der Waals surface area contributed by atoms with Gasteiger partial charge in [0.05, 0.1) is 24.3 Å². The number of methoxy groups -OCH3 is 1. The molecule has 8 nitrogen and oxygen atoms in total. The zero-order valence-corrected chi connectivity index (χ0v) is 25.4. The Bertz CT molecular complexity index is 1330. The molecule has 0 spiro atoms. The first-order chi connectivity index (χ1) is 19.7. The molecule has 1 aromatic heterocycles. The van der Waals surface area contributed by atoms with Crippen LogP contribution in [0.5, 0.6) is 5.75 Å². The van der Waals surface area contributed by atoms with Crippen LogP contribution in [0.25, 0.3) is 0 Å². The van der Waals surface area contributed by atoms with E-state index in [2.05, 4.69) is 17.2 Å². The third-order valence-electron chi connectivity index (χ3n) is 8.69. The summed E-state index contributed by atoms with van der Waals surface area (Å²) < 4.78 is 30.3. The predicted molar refractivity (Wildman–Crippen MR) is 158 cm³/mol. The third kappa shape index (κ3) is 6.24. The smallest absolute Gasteiger partial charge is 0.247 e. The van der Waals surface area contributed by atoms with Gasteiger partial charge in [0.25, 0.3) is 0 Å². The van der Waals surface area contributed by atoms with E-state index in [1.54, 1.807) is 24.9 Å². The molecule has 0 bridgehead atoms. The van der Waals surface area contributed by atoms with Crippen LogP contribution in [-0.4, -0.2) is 60.8 Å². The number of amides is 1. The number of hydrogen-bond acceptors (Lipinski definition) is 6. The van der Waals surface area contributed by atoms with Crippen molar-refractivity contribution < 1.29 is 23.5 Å². The Morgan fingerprint density at radius 1 is 1.20 bits per heavy atom. The van der Waals surface area contributed by atoms with E-state index in [1.165, 1.54) is 0 Å². The first kappa shape index (κ1) is 29.4. The van der Waals surface area contributed by atoms with Gasteiger partial charge in [-0.25, -0.2) is 0 Å². The average Bonchev–Trinajstić information content (AvgIpc) is 3.42. The van der Waals surface area contributed by atoms with Crippen molar-refractivity contribution in [3.8, 4) is 5.75 Å². The summed E-state index contributed by atoms with van der Waals surface area (Å²) in [6.45, 7) is 6.66. The summed E-state index contributed by atoms with van der Waals surface area (Å²) in [7, 11) is -1.51. The van der Waals surface area contributed by atoms with E-state index in [-0.39, 0.29) is 42.1 Å². The van der Waals surface area contributed by atoms with Crippen molar-refractivity contribution in [1.29, 1.82) is 0 Å². The van der Waals surface area contributed by atoms with Gasteiger partial charge in [-0.1, -0.05) is 42.5 Å². The van der Waals surface area contributed by atoms with Crippen LogP contribution < -0.4 is 9.64 Å². The van der Waals surface area contributed by atoms with Gasteiger partial charge in [0.1, 0.15) is 11.9 Å². The molecule has 3 aromatic rings. The Morgan fingerprint density at radius 2 is 1.98 bits per heavy atom. The predicted octanol–water partition coefficient (Wildman–Crippen LogP) is 5.64. The van der Waals surface area contributed by atoms with E-state index >= 15 is 4.11 Å². The van der Waals surface area contributed by atoms with Crippen LogP contribution in [0.15, 0.2) is 54.7 Å². The number of aliphatic hydroxyl groups excluding tert-OH is 1. The van der Waals surface area contributed by atoms with E-state index in [0.29, 0.717) is 37.4 Å². The second-order valence-corrected chi connectivity index (χ2v) is 15.7. The third-order valence-corrected chi connectivity index (χ3v) is 11.1. The van der Waals surface area contributed by atoms with E-state index in [1.807, 2.05) is 59.6 Å². The molecular formula is C31H41FN4O4Si. The van der Waals surface area contributed by atoms with E-state index in [0.717, 1.165) is 29.7 Å². The molecule has 41 heavy (non-hydrogen) atoms. The van der Waals surface area contributed by atoms with E-state index in [9.17, 15) is 9.90 Å². The SMILES string of the molecule is CO[C@H]1c2cc(N3CCCCC3=O)ccc2O[C@@H](C(CCn2cc(C(CO)c3ccccc3)nn2)[Si](C)(C)F)[C@@H]1C. The Hall–Kier alpha value is -3.08. The number of aromatic nitrogens is 3. The number of benzene rings is 2. The molecule has 0 radical (unpaired) electrons. The Labute approximate surface area is 242 Å². The van der Waals surface area contributed by atoms with Crippen molar-refractivity contribution >= 4 is 20.0 Å². The molecule has 2 aromatic carbocycles. The Kier molecular flexibility index (Phi) is 8.91. The van der Waals surface area contributed by atoms with Crippen molar-refractivity contribution in [3.05, 3.63) is 71.5 Å². The maximum absolute atomic E-state index is 16.0. The molecule has 1 N–H and O–H groups in total. The van der Waals surface area contributed by atoms with Gasteiger partial charge in [-0.2, -0.15) is 0 Å². The molecule has 2 aliphatic rings. The molecule has 5 rings (SSSR count). The number of carbonyl (C=O) groups excluding carboxylic acids is 1. The van der Waals surface area contributed by atoms with Gasteiger partial charge >= 0.3 is 0 Å². The van der Waals surface area contributed by atoms with E-state index in [4.69, 9.17) is 9.47 Å². The fourth-order valence-electron chi connectivity index (χ4n) is 6.42. The highest BCUT2D eigenvalue weighted by molar-refractivity contribution is 6.72. The standard InChI is InChI=1S/C31H41FN4O4Si/c1-21-30(39-2)24-18-23(36-16-9-8-12-29(36)38)13-14-27(24)40-31(21)28(41(3,4)32)15-17-35-19-26(33-34-35)25(20-37)22-10-6-5-7-11-22/h5-7,10-11,13-14,18-19,21,25,28,30-31,37H,8-9,12,15-17,20H2,1-4H3/t21-,25?,28?,30-,31-/m1/s1. The number of nitrogens with zero attached hydrogens (tertiary/aromatic N) is 4. The fourth-order valence-corrected chi connectivity index (χ4v) is 8.39. The summed E-state index contributed by atoms with van der Waals surface area (Å²) in [5.41, 5.74) is 3.10. The van der Waals surface area contributed by atoms with Gasteiger partial charge in [0.15, 0.2) is 0 Å². The number of fused-ring (bicyclic) bond motifs is 1. The summed E-state index contributed by atoms with van der Waals surface area (Å²) >= 11 is 0. The molecule has 1 saturated heterocycles. The van der Waals surface area contributed by atoms with Crippen LogP contribution >= 0.6 is 0 Å². The van der Waals surface area contributed by atoms with E-state index < -0.39 is 8.41 Å². The molecule has 2 unspecified atom stereocenters. The number of piperidine rings is 1. The Balaban J connectivity index is 1.35. The molecule has 3 heterocycles. The second kappa shape index (κ2) is 12.4. The van der Waals surface area contributed by atoms with Crippen molar-refractivity contribution in [2.75, 3.05) is 25.2 Å². The minimum atomic E-state index is -3.19. The van der Waals surface area contributed by atoms with Gasteiger partial charge < -0.3 is 23.6 Å². The largest absolute Gasteiger partial charge is 0.490 e. The summed E-state index contributed by atoms with van der Waals surface area (Å²) in [5, 5.41) is 18.7. The molecular weight excluding hydrogens is 539 g/mol. The first-order valence-electron chi connectivity index (χ1n) is 14.6. The average molecular weight is 581 g/mol. The van der Waals surface area contributed by atoms with Crippen molar-refractivity contribution in [1.82, 2.24) is 15.0 Å². The van der Waals surface area contributed by atoms with Gasteiger partial charge in [-0.05, 0) is 56.1 Å². The number of carbonyl (C=O) groups is 1. The summed E-state index contributed by atoms with van der Waals surface area (Å²) in [5.74, 6) is 0.463. The first-order valence-corrected chi connectivity index (χ1v) is 17.5. The summed E-state index contributed by atoms with van der Waals surface area (Å²) in [4.78, 5) is 14.4. The van der Waals surface area contributed by atoms with Gasteiger partial charge in [0.2, 0.25) is 14.3 Å². The van der Waals surface area contributed by atoms with Crippen LogP contribution in [0.3, 0.4) is 0 Å². The summed E-state index contributed by atoms with van der Waals surface area (Å²) in [6.07, 6.45) is 4.21.